The van der Waals surface area contributed by atoms with Gasteiger partial charge in [0.1, 0.15) is 12.4 Å². The van der Waals surface area contributed by atoms with Gasteiger partial charge >= 0.3 is 5.97 Å². The van der Waals surface area contributed by atoms with Crippen molar-refractivity contribution in [1.29, 1.82) is 0 Å². The third kappa shape index (κ3) is 5.97. The molecule has 0 spiro atoms. The minimum atomic E-state index is -2.24. The Balaban J connectivity index is 1.70. The Morgan fingerprint density at radius 2 is 1.89 bits per heavy atom. The molecule has 4 rings (SSSR count). The molecule has 0 aliphatic heterocycles. The van der Waals surface area contributed by atoms with E-state index in [0.29, 0.717) is 18.9 Å². The monoisotopic (exact) mass is 491 g/mol. The average molecular weight is 492 g/mol. The summed E-state index contributed by atoms with van der Waals surface area (Å²) in [5.74, 6) is 0.150. The molecule has 0 radical (unpaired) electrons. The van der Waals surface area contributed by atoms with E-state index in [9.17, 15) is 13.6 Å². The van der Waals surface area contributed by atoms with Gasteiger partial charge < -0.3 is 24.3 Å². The molecule has 35 heavy (non-hydrogen) atoms. The van der Waals surface area contributed by atoms with Gasteiger partial charge in [-0.2, -0.15) is 0 Å². The van der Waals surface area contributed by atoms with Crippen LogP contribution < -0.4 is 10.5 Å². The number of carbonyl (C=O) groups is 1. The Morgan fingerprint density at radius 3 is 2.66 bits per heavy atom. The SMILES string of the molecule is CCOC(=O)Cc1ccccc1OCc1cc(-c2cccc(CN)c2)c2ccn(CS(=O)[O-])c2c1. The first-order valence-corrected chi connectivity index (χ1v) is 12.6. The Labute approximate surface area is 206 Å². The van der Waals surface area contributed by atoms with Crippen molar-refractivity contribution in [3.8, 4) is 16.9 Å². The molecular weight excluding hydrogens is 464 g/mol. The van der Waals surface area contributed by atoms with Crippen LogP contribution in [0.5, 0.6) is 5.75 Å². The molecule has 0 fully saturated rings. The lowest BCUT2D eigenvalue weighted by atomic mass is 9.97. The average Bonchev–Trinajstić information content (AvgIpc) is 3.25. The zero-order chi connectivity index (χ0) is 24.8. The van der Waals surface area contributed by atoms with Crippen LogP contribution in [0.15, 0.2) is 72.9 Å². The van der Waals surface area contributed by atoms with Gasteiger partial charge in [-0.3, -0.25) is 9.00 Å². The minimum Gasteiger partial charge on any atom is -0.771 e. The second-order valence-corrected chi connectivity index (χ2v) is 8.94. The van der Waals surface area contributed by atoms with Crippen molar-refractivity contribution in [2.45, 2.75) is 32.4 Å². The van der Waals surface area contributed by atoms with Gasteiger partial charge in [0.05, 0.1) is 18.9 Å². The van der Waals surface area contributed by atoms with E-state index in [0.717, 1.165) is 38.7 Å². The summed E-state index contributed by atoms with van der Waals surface area (Å²) in [7, 11) is 0. The second kappa shape index (κ2) is 11.3. The maximum Gasteiger partial charge on any atom is 0.310 e. The fourth-order valence-corrected chi connectivity index (χ4v) is 4.54. The fourth-order valence-electron chi connectivity index (χ4n) is 4.09. The third-order valence-corrected chi connectivity index (χ3v) is 6.16. The lowest BCUT2D eigenvalue weighted by molar-refractivity contribution is -0.142. The molecule has 2 N–H and O–H groups in total. The van der Waals surface area contributed by atoms with E-state index in [1.165, 1.54) is 0 Å². The summed E-state index contributed by atoms with van der Waals surface area (Å²) in [5.41, 5.74) is 11.2. The van der Waals surface area contributed by atoms with Crippen LogP contribution in [0, 0.1) is 0 Å². The van der Waals surface area contributed by atoms with E-state index < -0.39 is 11.1 Å². The molecule has 0 aliphatic rings. The van der Waals surface area contributed by atoms with Crippen LogP contribution in [-0.4, -0.2) is 25.9 Å². The number of ether oxygens (including phenoxy) is 2. The second-order valence-electron chi connectivity index (χ2n) is 8.08. The maximum atomic E-state index is 12.0. The van der Waals surface area contributed by atoms with Crippen molar-refractivity contribution in [3.05, 3.63) is 89.6 Å². The molecule has 1 heterocycles. The summed E-state index contributed by atoms with van der Waals surface area (Å²) in [4.78, 5) is 12.0. The number of fused-ring (bicyclic) bond motifs is 1. The van der Waals surface area contributed by atoms with E-state index >= 15 is 0 Å². The number of esters is 1. The Hall–Kier alpha value is -3.46. The Bertz CT molecular complexity index is 1360. The minimum absolute atomic E-state index is 0.123. The highest BCUT2D eigenvalue weighted by molar-refractivity contribution is 7.78. The molecule has 0 bridgehead atoms. The lowest BCUT2D eigenvalue weighted by Crippen LogP contribution is -2.09. The van der Waals surface area contributed by atoms with E-state index in [2.05, 4.69) is 0 Å². The number of rotatable bonds is 10. The number of aromatic nitrogens is 1. The van der Waals surface area contributed by atoms with Crippen molar-refractivity contribution in [3.63, 3.8) is 0 Å². The molecular formula is C27H27N2O5S-. The molecule has 7 nitrogen and oxygen atoms in total. The van der Waals surface area contributed by atoms with Crippen molar-refractivity contribution in [2.75, 3.05) is 6.61 Å². The van der Waals surface area contributed by atoms with Crippen LogP contribution in [0.25, 0.3) is 22.0 Å². The molecule has 3 aromatic carbocycles. The first-order valence-electron chi connectivity index (χ1n) is 11.3. The van der Waals surface area contributed by atoms with Crippen LogP contribution >= 0.6 is 0 Å². The predicted molar refractivity (Wildman–Crippen MR) is 135 cm³/mol. The van der Waals surface area contributed by atoms with E-state index in [1.54, 1.807) is 17.7 Å². The quantitative estimate of drug-likeness (QED) is 0.262. The molecule has 8 heteroatoms. The highest BCUT2D eigenvalue weighted by Gasteiger charge is 2.13. The molecule has 182 valence electrons. The number of hydrogen-bond acceptors (Lipinski definition) is 6. The standard InChI is InChI=1S/C27H28N2O5S/c1-2-33-27(30)15-22-7-3-4-9-26(22)34-17-20-13-24(21-8-5-6-19(12-21)16-28)23-10-11-29(18-35(31)32)25(23)14-20/h3-14H,2,15-18,28H2,1H3,(H,31,32)/p-1. The van der Waals surface area contributed by atoms with Gasteiger partial charge in [-0.1, -0.05) is 36.4 Å². The number of para-hydroxylation sites is 1. The molecule has 1 atom stereocenters. The van der Waals surface area contributed by atoms with Gasteiger partial charge in [-0.05, 0) is 70.6 Å². The topological polar surface area (TPSA) is 107 Å². The molecule has 4 aromatic rings. The summed E-state index contributed by atoms with van der Waals surface area (Å²) >= 11 is -2.24. The van der Waals surface area contributed by atoms with Crippen molar-refractivity contribution < 1.29 is 23.0 Å². The van der Waals surface area contributed by atoms with Crippen LogP contribution in [0.2, 0.25) is 0 Å². The van der Waals surface area contributed by atoms with Crippen molar-refractivity contribution >= 4 is 28.0 Å². The van der Waals surface area contributed by atoms with Crippen LogP contribution in [0.4, 0.5) is 0 Å². The first kappa shape index (κ1) is 24.7. The Kier molecular flexibility index (Phi) is 7.97. The maximum absolute atomic E-state index is 12.0. The lowest BCUT2D eigenvalue weighted by Gasteiger charge is -2.15. The van der Waals surface area contributed by atoms with Gasteiger partial charge in [0, 0.05) is 29.2 Å². The number of nitrogens with two attached hydrogens (primary N) is 1. The zero-order valence-corrected chi connectivity index (χ0v) is 20.3. The molecule has 0 saturated carbocycles. The van der Waals surface area contributed by atoms with E-state index in [4.69, 9.17) is 15.2 Å². The van der Waals surface area contributed by atoms with Crippen LogP contribution in [-0.2, 0) is 46.1 Å². The third-order valence-electron chi connectivity index (χ3n) is 5.67. The predicted octanol–water partition coefficient (Wildman–Crippen LogP) is 4.29. The largest absolute Gasteiger partial charge is 0.771 e. The van der Waals surface area contributed by atoms with Crippen LogP contribution in [0.1, 0.15) is 23.6 Å². The van der Waals surface area contributed by atoms with Gasteiger partial charge in [0.15, 0.2) is 0 Å². The smallest absolute Gasteiger partial charge is 0.310 e. The van der Waals surface area contributed by atoms with Gasteiger partial charge in [-0.15, -0.1) is 0 Å². The zero-order valence-electron chi connectivity index (χ0n) is 19.4. The van der Waals surface area contributed by atoms with Crippen molar-refractivity contribution in [2.24, 2.45) is 5.73 Å². The molecule has 1 unspecified atom stereocenters. The normalized spacial score (nSPS) is 12.0. The summed E-state index contributed by atoms with van der Waals surface area (Å²) in [5, 5.41) is 0.941. The fraction of sp³-hybridized carbons (Fsp3) is 0.222. The van der Waals surface area contributed by atoms with Crippen molar-refractivity contribution in [1.82, 2.24) is 4.57 Å². The van der Waals surface area contributed by atoms with Gasteiger partial charge in [0.2, 0.25) is 0 Å². The molecule has 1 aromatic heterocycles. The van der Waals surface area contributed by atoms with E-state index in [-0.39, 0.29) is 24.9 Å². The number of benzene rings is 3. The number of carbonyl (C=O) groups excluding carboxylic acids is 1. The molecule has 0 saturated heterocycles. The summed E-state index contributed by atoms with van der Waals surface area (Å²) in [6.07, 6.45) is 1.90. The number of nitrogens with zero attached hydrogens (tertiary/aromatic N) is 1. The summed E-state index contributed by atoms with van der Waals surface area (Å²) in [6.45, 7) is 2.76. The van der Waals surface area contributed by atoms with Gasteiger partial charge in [0.25, 0.3) is 0 Å². The number of hydrogen-bond donors (Lipinski definition) is 1. The summed E-state index contributed by atoms with van der Waals surface area (Å²) < 4.78 is 35.7. The van der Waals surface area contributed by atoms with Gasteiger partial charge in [-0.25, -0.2) is 0 Å². The Morgan fingerprint density at radius 1 is 1.06 bits per heavy atom. The summed E-state index contributed by atoms with van der Waals surface area (Å²) in [6, 6.07) is 21.3. The first-order chi connectivity index (χ1) is 17.0. The highest BCUT2D eigenvalue weighted by Crippen LogP contribution is 2.32. The molecule has 0 aliphatic carbocycles. The van der Waals surface area contributed by atoms with Crippen LogP contribution in [0.3, 0.4) is 0 Å². The highest BCUT2D eigenvalue weighted by atomic mass is 32.2. The van der Waals surface area contributed by atoms with E-state index in [1.807, 2.05) is 66.7 Å². The molecule has 0 amide bonds.